The van der Waals surface area contributed by atoms with Crippen molar-refractivity contribution in [2.24, 2.45) is 0 Å². The maximum atomic E-state index is 12.3. The number of hydrogen-bond acceptors (Lipinski definition) is 7. The van der Waals surface area contributed by atoms with Crippen molar-refractivity contribution >= 4 is 33.8 Å². The van der Waals surface area contributed by atoms with Crippen molar-refractivity contribution in [2.75, 3.05) is 18.5 Å². The summed E-state index contributed by atoms with van der Waals surface area (Å²) in [6, 6.07) is 5.55. The highest BCUT2D eigenvalue weighted by Crippen LogP contribution is 2.33. The van der Waals surface area contributed by atoms with Crippen molar-refractivity contribution in [3.8, 4) is 0 Å². The summed E-state index contributed by atoms with van der Waals surface area (Å²) in [5, 5.41) is 14.3. The number of carbonyl (C=O) groups is 2. The van der Waals surface area contributed by atoms with Gasteiger partial charge in [0.25, 0.3) is 5.69 Å². The predicted molar refractivity (Wildman–Crippen MR) is 95.7 cm³/mol. The Labute approximate surface area is 148 Å². The second kappa shape index (κ2) is 7.89. The van der Waals surface area contributed by atoms with Crippen LogP contribution in [0.4, 0.5) is 10.7 Å². The Balaban J connectivity index is 2.17. The Morgan fingerprint density at radius 3 is 2.68 bits per heavy atom. The second-order valence-electron chi connectivity index (χ2n) is 5.29. The summed E-state index contributed by atoms with van der Waals surface area (Å²) >= 11 is 1.37. The van der Waals surface area contributed by atoms with Crippen LogP contribution in [0.3, 0.4) is 0 Å². The van der Waals surface area contributed by atoms with Gasteiger partial charge in [0, 0.05) is 22.6 Å². The molecule has 1 heterocycles. The highest BCUT2D eigenvalue weighted by molar-refractivity contribution is 7.16. The van der Waals surface area contributed by atoms with Crippen LogP contribution in [-0.4, -0.2) is 29.8 Å². The lowest BCUT2D eigenvalue weighted by molar-refractivity contribution is -0.384. The molecule has 1 aromatic carbocycles. The molecule has 0 radical (unpaired) electrons. The fourth-order valence-electron chi connectivity index (χ4n) is 2.26. The smallest absolute Gasteiger partial charge is 0.341 e. The van der Waals surface area contributed by atoms with Gasteiger partial charge in [-0.25, -0.2) is 4.79 Å². The predicted octanol–water partition coefficient (Wildman–Crippen LogP) is 3.74. The molecule has 0 aliphatic heterocycles. The molecule has 7 nitrogen and oxygen atoms in total. The Morgan fingerprint density at radius 2 is 2.04 bits per heavy atom. The van der Waals surface area contributed by atoms with Crippen molar-refractivity contribution in [3.05, 3.63) is 55.9 Å². The fraction of sp³-hybridized carbons (Fsp3) is 0.294. The van der Waals surface area contributed by atoms with E-state index in [0.717, 1.165) is 10.4 Å². The number of ketones is 1. The number of anilines is 1. The molecular weight excluding hydrogens is 344 g/mol. The average molecular weight is 362 g/mol. The van der Waals surface area contributed by atoms with Gasteiger partial charge in [0.05, 0.1) is 23.6 Å². The van der Waals surface area contributed by atoms with Crippen LogP contribution in [-0.2, 0) is 4.74 Å². The monoisotopic (exact) mass is 362 g/mol. The van der Waals surface area contributed by atoms with Crippen molar-refractivity contribution in [2.45, 2.75) is 20.8 Å². The molecule has 2 aromatic rings. The molecule has 0 spiro atoms. The number of nitro groups is 1. The largest absolute Gasteiger partial charge is 0.462 e. The molecule has 0 aliphatic rings. The highest BCUT2D eigenvalue weighted by Gasteiger charge is 2.21. The minimum atomic E-state index is -0.547. The van der Waals surface area contributed by atoms with E-state index in [2.05, 4.69) is 5.32 Å². The molecule has 25 heavy (non-hydrogen) atoms. The maximum Gasteiger partial charge on any atom is 0.341 e. The highest BCUT2D eigenvalue weighted by atomic mass is 32.1. The summed E-state index contributed by atoms with van der Waals surface area (Å²) in [5.41, 5.74) is 1.34. The van der Waals surface area contributed by atoms with Gasteiger partial charge in [-0.3, -0.25) is 14.9 Å². The van der Waals surface area contributed by atoms with Crippen molar-refractivity contribution in [1.29, 1.82) is 0 Å². The third-order valence-electron chi connectivity index (χ3n) is 3.65. The van der Waals surface area contributed by atoms with Gasteiger partial charge in [0.15, 0.2) is 5.78 Å². The van der Waals surface area contributed by atoms with Gasteiger partial charge in [0.1, 0.15) is 5.00 Å². The first-order valence-electron chi connectivity index (χ1n) is 7.63. The first kappa shape index (κ1) is 18.6. The Morgan fingerprint density at radius 1 is 1.32 bits per heavy atom. The van der Waals surface area contributed by atoms with E-state index < -0.39 is 10.9 Å². The van der Waals surface area contributed by atoms with Gasteiger partial charge in [-0.1, -0.05) is 12.1 Å². The first-order valence-corrected chi connectivity index (χ1v) is 8.45. The van der Waals surface area contributed by atoms with E-state index in [9.17, 15) is 19.7 Å². The van der Waals surface area contributed by atoms with Crippen molar-refractivity contribution < 1.29 is 19.2 Å². The number of nitrogens with one attached hydrogen (secondary N) is 1. The summed E-state index contributed by atoms with van der Waals surface area (Å²) in [6.07, 6.45) is 0. The molecule has 132 valence electrons. The lowest BCUT2D eigenvalue weighted by Gasteiger charge is -2.07. The van der Waals surface area contributed by atoms with Crippen LogP contribution in [0.1, 0.15) is 38.1 Å². The summed E-state index contributed by atoms with van der Waals surface area (Å²) in [5.74, 6) is -0.739. The number of rotatable bonds is 7. The van der Waals surface area contributed by atoms with E-state index >= 15 is 0 Å². The van der Waals surface area contributed by atoms with Crippen LogP contribution in [0.2, 0.25) is 0 Å². The van der Waals surface area contributed by atoms with Crippen LogP contribution in [0, 0.1) is 24.0 Å². The number of thiophene rings is 1. The van der Waals surface area contributed by atoms with E-state index in [1.807, 2.05) is 13.8 Å². The van der Waals surface area contributed by atoms with Gasteiger partial charge in [-0.2, -0.15) is 0 Å². The topological polar surface area (TPSA) is 98.5 Å². The standard InChI is InChI=1S/C17H18N2O5S/c1-4-24-17(21)15-10(2)11(3)25-16(15)18-9-14(20)12-6-5-7-13(8-12)19(22)23/h5-8,18H,4,9H2,1-3H3. The molecule has 0 saturated carbocycles. The van der Waals surface area contributed by atoms with Crippen LogP contribution >= 0.6 is 11.3 Å². The van der Waals surface area contributed by atoms with Gasteiger partial charge < -0.3 is 10.1 Å². The van der Waals surface area contributed by atoms with E-state index in [4.69, 9.17) is 4.74 Å². The summed E-state index contributed by atoms with van der Waals surface area (Å²) in [7, 11) is 0. The van der Waals surface area contributed by atoms with Gasteiger partial charge >= 0.3 is 5.97 Å². The quantitative estimate of drug-likeness (QED) is 0.349. The number of ether oxygens (including phenoxy) is 1. The molecule has 1 aromatic heterocycles. The molecular formula is C17H18N2O5S. The molecule has 0 fully saturated rings. The Kier molecular flexibility index (Phi) is 5.87. The van der Waals surface area contributed by atoms with E-state index in [0.29, 0.717) is 10.6 Å². The third kappa shape index (κ3) is 4.21. The number of non-ortho nitro benzene ring substituents is 1. The van der Waals surface area contributed by atoms with E-state index in [1.165, 1.54) is 35.6 Å². The number of Topliss-reactive ketones (excluding diaryl/α,β-unsaturated/α-hetero) is 1. The molecule has 0 bridgehead atoms. The molecule has 0 unspecified atom stereocenters. The van der Waals surface area contributed by atoms with Crippen LogP contribution in [0.15, 0.2) is 24.3 Å². The summed E-state index contributed by atoms with van der Waals surface area (Å²) in [6.45, 7) is 5.62. The van der Waals surface area contributed by atoms with Crippen LogP contribution in [0.25, 0.3) is 0 Å². The van der Waals surface area contributed by atoms with Crippen molar-refractivity contribution in [1.82, 2.24) is 0 Å². The zero-order valence-electron chi connectivity index (χ0n) is 14.1. The lowest BCUT2D eigenvalue weighted by Crippen LogP contribution is -2.16. The normalized spacial score (nSPS) is 10.4. The number of hydrogen-bond donors (Lipinski definition) is 1. The molecule has 2 rings (SSSR count). The van der Waals surface area contributed by atoms with E-state index in [1.54, 1.807) is 6.92 Å². The summed E-state index contributed by atoms with van der Waals surface area (Å²) < 4.78 is 5.06. The van der Waals surface area contributed by atoms with Gasteiger partial charge in [-0.05, 0) is 26.3 Å². The van der Waals surface area contributed by atoms with Gasteiger partial charge in [-0.15, -0.1) is 11.3 Å². The van der Waals surface area contributed by atoms with Crippen molar-refractivity contribution in [3.63, 3.8) is 0 Å². The number of nitro benzene ring substituents is 1. The van der Waals surface area contributed by atoms with E-state index in [-0.39, 0.29) is 30.2 Å². The minimum absolute atomic E-state index is 0.0764. The zero-order chi connectivity index (χ0) is 18.6. The first-order chi connectivity index (χ1) is 11.8. The maximum absolute atomic E-state index is 12.3. The molecule has 0 saturated heterocycles. The number of aryl methyl sites for hydroxylation is 1. The molecule has 0 aliphatic carbocycles. The lowest BCUT2D eigenvalue weighted by atomic mass is 10.1. The summed E-state index contributed by atoms with van der Waals surface area (Å²) in [4.78, 5) is 35.6. The number of esters is 1. The zero-order valence-corrected chi connectivity index (χ0v) is 14.9. The van der Waals surface area contributed by atoms with Crippen LogP contribution < -0.4 is 5.32 Å². The third-order valence-corrected chi connectivity index (χ3v) is 4.82. The number of benzene rings is 1. The molecule has 8 heteroatoms. The minimum Gasteiger partial charge on any atom is -0.462 e. The average Bonchev–Trinajstić information content (AvgIpc) is 2.87. The Hall–Kier alpha value is -2.74. The van der Waals surface area contributed by atoms with Gasteiger partial charge in [0.2, 0.25) is 0 Å². The second-order valence-corrected chi connectivity index (χ2v) is 6.52. The molecule has 0 atom stereocenters. The molecule has 0 amide bonds. The number of nitrogens with zero attached hydrogens (tertiary/aromatic N) is 1. The SMILES string of the molecule is CCOC(=O)c1c(NCC(=O)c2cccc([N+](=O)[O-])c2)sc(C)c1C. The molecule has 1 N–H and O–H groups in total. The number of carbonyl (C=O) groups excluding carboxylic acids is 2. The van der Waals surface area contributed by atoms with Crippen LogP contribution in [0.5, 0.6) is 0 Å². The Bertz CT molecular complexity index is 828. The fourth-order valence-corrected chi connectivity index (χ4v) is 3.30.